The summed E-state index contributed by atoms with van der Waals surface area (Å²) >= 11 is 0. The lowest BCUT2D eigenvalue weighted by molar-refractivity contribution is -0.140. The zero-order chi connectivity index (χ0) is 17.0. The molecule has 0 aliphatic carbocycles. The van der Waals surface area contributed by atoms with E-state index >= 15 is 0 Å². The van der Waals surface area contributed by atoms with Gasteiger partial charge in [0.15, 0.2) is 0 Å². The van der Waals surface area contributed by atoms with E-state index in [0.29, 0.717) is 25.9 Å². The van der Waals surface area contributed by atoms with Crippen LogP contribution in [0, 0.1) is 0 Å². The molecule has 7 heteroatoms. The van der Waals surface area contributed by atoms with E-state index in [1.54, 1.807) is 4.90 Å². The van der Waals surface area contributed by atoms with Gasteiger partial charge >= 0.3 is 6.03 Å². The Kier molecular flexibility index (Phi) is 5.62. The van der Waals surface area contributed by atoms with E-state index in [9.17, 15) is 14.4 Å². The number of hydrogen-bond donors (Lipinski definition) is 1. The van der Waals surface area contributed by atoms with Gasteiger partial charge in [-0.3, -0.25) is 19.4 Å². The highest BCUT2D eigenvalue weighted by Crippen LogP contribution is 2.24. The van der Waals surface area contributed by atoms with Gasteiger partial charge in [0.1, 0.15) is 12.1 Å². The van der Waals surface area contributed by atoms with E-state index in [1.165, 1.54) is 0 Å². The molecule has 2 fully saturated rings. The van der Waals surface area contributed by atoms with E-state index in [2.05, 4.69) is 17.1 Å². The first kappa shape index (κ1) is 17.7. The normalized spacial score (nSPS) is 21.7. The molecule has 2 aliphatic rings. The summed E-state index contributed by atoms with van der Waals surface area (Å²) in [6, 6.07) is -0.448. The summed E-state index contributed by atoms with van der Waals surface area (Å²) < 4.78 is 0. The summed E-state index contributed by atoms with van der Waals surface area (Å²) in [6.07, 6.45) is 2.18. The Morgan fingerprint density at radius 1 is 1.09 bits per heavy atom. The highest BCUT2D eigenvalue weighted by molar-refractivity contribution is 6.08. The molecule has 2 aliphatic heterocycles. The highest BCUT2D eigenvalue weighted by Gasteiger charge is 2.49. The van der Waals surface area contributed by atoms with Crippen LogP contribution in [0.2, 0.25) is 0 Å². The van der Waals surface area contributed by atoms with Gasteiger partial charge in [-0.15, -0.1) is 0 Å². The summed E-state index contributed by atoms with van der Waals surface area (Å²) in [7, 11) is 0. The monoisotopic (exact) mass is 324 g/mol. The van der Waals surface area contributed by atoms with Crippen molar-refractivity contribution in [2.45, 2.75) is 45.6 Å². The second-order valence-corrected chi connectivity index (χ2v) is 6.33. The lowest BCUT2D eigenvalue weighted by Gasteiger charge is -2.35. The van der Waals surface area contributed by atoms with E-state index in [4.69, 9.17) is 0 Å². The smallest absolute Gasteiger partial charge is 0.325 e. The van der Waals surface area contributed by atoms with E-state index < -0.39 is 11.6 Å². The van der Waals surface area contributed by atoms with Gasteiger partial charge in [-0.25, -0.2) is 4.79 Å². The Hall–Kier alpha value is -1.63. The molecule has 1 N–H and O–H groups in total. The summed E-state index contributed by atoms with van der Waals surface area (Å²) in [4.78, 5) is 42.2. The molecule has 0 aromatic rings. The lowest BCUT2D eigenvalue weighted by atomic mass is 9.93. The van der Waals surface area contributed by atoms with Crippen molar-refractivity contribution >= 4 is 17.8 Å². The standard InChI is InChI=1S/C16H28N4O3/c1-4-7-18-8-10-19(11-9-18)13(21)12-20-14(22)16(5-2,6-3)17-15(20)23/h4-12H2,1-3H3,(H,17,23). The number of urea groups is 1. The molecule has 7 nitrogen and oxygen atoms in total. The first-order valence-corrected chi connectivity index (χ1v) is 8.61. The van der Waals surface area contributed by atoms with Crippen LogP contribution < -0.4 is 5.32 Å². The molecule has 4 amide bonds. The van der Waals surface area contributed by atoms with E-state index in [-0.39, 0.29) is 18.4 Å². The number of rotatable bonds is 6. The number of nitrogens with zero attached hydrogens (tertiary/aromatic N) is 3. The molecule has 0 saturated carbocycles. The minimum atomic E-state index is -0.836. The predicted molar refractivity (Wildman–Crippen MR) is 86.9 cm³/mol. The molecular formula is C16H28N4O3. The molecule has 0 bridgehead atoms. The molecule has 23 heavy (non-hydrogen) atoms. The van der Waals surface area contributed by atoms with Crippen LogP contribution in [0.15, 0.2) is 0 Å². The summed E-state index contributed by atoms with van der Waals surface area (Å²) in [5.74, 6) is -0.418. The van der Waals surface area contributed by atoms with Crippen LogP contribution in [-0.4, -0.2) is 77.4 Å². The van der Waals surface area contributed by atoms with Crippen LogP contribution in [0.1, 0.15) is 40.0 Å². The molecule has 0 aromatic carbocycles. The molecule has 0 atom stereocenters. The van der Waals surface area contributed by atoms with Crippen LogP contribution in [0.25, 0.3) is 0 Å². The molecule has 2 heterocycles. The average molecular weight is 324 g/mol. The number of carbonyl (C=O) groups is 3. The van der Waals surface area contributed by atoms with E-state index in [1.807, 2.05) is 13.8 Å². The molecular weight excluding hydrogens is 296 g/mol. The number of amides is 4. The van der Waals surface area contributed by atoms with Crippen molar-refractivity contribution in [3.8, 4) is 0 Å². The SMILES string of the molecule is CCCN1CCN(C(=O)CN2C(=O)NC(CC)(CC)C2=O)CC1. The third kappa shape index (κ3) is 3.49. The molecule has 130 valence electrons. The maximum atomic E-state index is 12.5. The fourth-order valence-corrected chi connectivity index (χ4v) is 3.32. The van der Waals surface area contributed by atoms with Crippen LogP contribution in [0.4, 0.5) is 4.79 Å². The third-order valence-electron chi connectivity index (χ3n) is 5.01. The van der Waals surface area contributed by atoms with Crippen molar-refractivity contribution in [3.63, 3.8) is 0 Å². The topological polar surface area (TPSA) is 73.0 Å². The van der Waals surface area contributed by atoms with Gasteiger partial charge < -0.3 is 10.2 Å². The van der Waals surface area contributed by atoms with Gasteiger partial charge in [-0.1, -0.05) is 20.8 Å². The molecule has 2 saturated heterocycles. The Morgan fingerprint density at radius 2 is 1.70 bits per heavy atom. The van der Waals surface area contributed by atoms with Gasteiger partial charge in [-0.2, -0.15) is 0 Å². The second kappa shape index (κ2) is 7.29. The van der Waals surface area contributed by atoms with Crippen molar-refractivity contribution in [1.29, 1.82) is 0 Å². The minimum Gasteiger partial charge on any atom is -0.339 e. The van der Waals surface area contributed by atoms with Crippen molar-refractivity contribution in [3.05, 3.63) is 0 Å². The largest absolute Gasteiger partial charge is 0.339 e. The molecule has 0 unspecified atom stereocenters. The summed E-state index contributed by atoms with van der Waals surface area (Å²) in [5, 5.41) is 2.76. The van der Waals surface area contributed by atoms with Crippen LogP contribution in [0.5, 0.6) is 0 Å². The van der Waals surface area contributed by atoms with Crippen molar-refractivity contribution in [1.82, 2.24) is 20.0 Å². The van der Waals surface area contributed by atoms with Crippen molar-refractivity contribution < 1.29 is 14.4 Å². The predicted octanol–water partition coefficient (Wildman–Crippen LogP) is 0.651. The van der Waals surface area contributed by atoms with Crippen LogP contribution in [0.3, 0.4) is 0 Å². The minimum absolute atomic E-state index is 0.146. The van der Waals surface area contributed by atoms with Gasteiger partial charge in [0, 0.05) is 26.2 Å². The fourth-order valence-electron chi connectivity index (χ4n) is 3.32. The lowest BCUT2D eigenvalue weighted by Crippen LogP contribution is -2.52. The van der Waals surface area contributed by atoms with Gasteiger partial charge in [0.25, 0.3) is 5.91 Å². The maximum Gasteiger partial charge on any atom is 0.325 e. The summed E-state index contributed by atoms with van der Waals surface area (Å²) in [5.41, 5.74) is -0.836. The number of piperazine rings is 1. The van der Waals surface area contributed by atoms with E-state index in [0.717, 1.165) is 31.0 Å². The second-order valence-electron chi connectivity index (χ2n) is 6.33. The Labute approximate surface area is 138 Å². The molecule has 0 radical (unpaired) electrons. The van der Waals surface area contributed by atoms with Gasteiger partial charge in [0.2, 0.25) is 5.91 Å². The zero-order valence-corrected chi connectivity index (χ0v) is 14.4. The van der Waals surface area contributed by atoms with Crippen molar-refractivity contribution in [2.24, 2.45) is 0 Å². The summed E-state index contributed by atoms with van der Waals surface area (Å²) in [6.45, 7) is 9.82. The number of hydrogen-bond acceptors (Lipinski definition) is 4. The highest BCUT2D eigenvalue weighted by atomic mass is 16.2. The average Bonchev–Trinajstić information content (AvgIpc) is 2.80. The number of imide groups is 1. The first-order valence-electron chi connectivity index (χ1n) is 8.61. The van der Waals surface area contributed by atoms with Gasteiger partial charge in [-0.05, 0) is 25.8 Å². The Morgan fingerprint density at radius 3 is 2.17 bits per heavy atom. The van der Waals surface area contributed by atoms with Crippen LogP contribution >= 0.6 is 0 Å². The Balaban J connectivity index is 1.93. The maximum absolute atomic E-state index is 12.5. The third-order valence-corrected chi connectivity index (χ3v) is 5.01. The van der Waals surface area contributed by atoms with Crippen molar-refractivity contribution in [2.75, 3.05) is 39.3 Å². The quantitative estimate of drug-likeness (QED) is 0.728. The zero-order valence-electron chi connectivity index (χ0n) is 14.4. The first-order chi connectivity index (χ1) is 11.0. The number of carbonyl (C=O) groups excluding carboxylic acids is 3. The molecule has 0 spiro atoms. The van der Waals surface area contributed by atoms with Crippen LogP contribution in [-0.2, 0) is 9.59 Å². The Bertz CT molecular complexity index is 468. The molecule has 0 aromatic heterocycles. The fraction of sp³-hybridized carbons (Fsp3) is 0.812. The van der Waals surface area contributed by atoms with Gasteiger partial charge in [0.05, 0.1) is 0 Å². The molecule has 2 rings (SSSR count). The number of nitrogens with one attached hydrogen (secondary N) is 1.